The third kappa shape index (κ3) is 7.11. The van der Waals surface area contributed by atoms with Crippen molar-refractivity contribution < 1.29 is 4.79 Å². The Kier molecular flexibility index (Phi) is 9.05. The molecular weight excluding hydrogens is 453 g/mol. The minimum absolute atomic E-state index is 0. The molecule has 138 valence electrons. The average molecular weight is 478 g/mol. The Bertz CT molecular complexity index is 612. The summed E-state index contributed by atoms with van der Waals surface area (Å²) in [7, 11) is 0. The molecule has 1 amide bonds. The van der Waals surface area contributed by atoms with E-state index < -0.39 is 0 Å². The Labute approximate surface area is 171 Å². The monoisotopic (exact) mass is 477 g/mol. The van der Waals surface area contributed by atoms with E-state index in [9.17, 15) is 4.79 Å². The second-order valence-corrected chi connectivity index (χ2v) is 6.29. The normalized spacial score (nSPS) is 14.7. The number of carbonyl (C=O) groups is 1. The molecule has 1 aliphatic rings. The Hall–Kier alpha value is -1.48. The number of hydrogen-bond acceptors (Lipinski definition) is 3. The van der Waals surface area contributed by atoms with Crippen molar-refractivity contribution in [3.8, 4) is 0 Å². The number of benzene rings is 1. The molecule has 0 spiro atoms. The number of halogens is 2. The summed E-state index contributed by atoms with van der Waals surface area (Å²) in [6, 6.07) is 7.75. The van der Waals surface area contributed by atoms with Gasteiger partial charge in [0.2, 0.25) is 5.91 Å². The number of piperazine rings is 1. The van der Waals surface area contributed by atoms with Crippen LogP contribution in [0.15, 0.2) is 41.4 Å². The molecule has 1 aromatic carbocycles. The predicted molar refractivity (Wildman–Crippen MR) is 115 cm³/mol. The topological polar surface area (TPSA) is 74.0 Å². The molecule has 0 aliphatic carbocycles. The fraction of sp³-hybridized carbons (Fsp3) is 0.412. The lowest BCUT2D eigenvalue weighted by molar-refractivity contribution is -0.129. The summed E-state index contributed by atoms with van der Waals surface area (Å²) in [5, 5.41) is 3.64. The van der Waals surface area contributed by atoms with E-state index in [0.717, 1.165) is 29.4 Å². The van der Waals surface area contributed by atoms with Crippen LogP contribution in [0.1, 0.15) is 6.92 Å². The number of nitrogens with two attached hydrogens (primary N) is 1. The highest BCUT2D eigenvalue weighted by Crippen LogP contribution is 2.19. The molecule has 8 heteroatoms. The van der Waals surface area contributed by atoms with Crippen molar-refractivity contribution in [1.82, 2.24) is 10.2 Å². The molecule has 1 aliphatic heterocycles. The molecule has 1 fully saturated rings. The largest absolute Gasteiger partial charge is 0.370 e. The van der Waals surface area contributed by atoms with Gasteiger partial charge in [0, 0.05) is 43.4 Å². The molecule has 1 heterocycles. The van der Waals surface area contributed by atoms with Gasteiger partial charge in [-0.3, -0.25) is 4.79 Å². The number of anilines is 1. The second-order valence-electron chi connectivity index (χ2n) is 5.86. The lowest BCUT2D eigenvalue weighted by Crippen LogP contribution is -2.49. The van der Waals surface area contributed by atoms with Crippen molar-refractivity contribution in [2.75, 3.05) is 44.2 Å². The summed E-state index contributed by atoms with van der Waals surface area (Å²) in [6.07, 6.45) is 0. The summed E-state index contributed by atoms with van der Waals surface area (Å²) in [5.74, 6) is 0.261. The number of rotatable bonds is 5. The molecule has 25 heavy (non-hydrogen) atoms. The third-order valence-electron chi connectivity index (χ3n) is 3.78. The number of nitrogens with zero attached hydrogens (tertiary/aromatic N) is 3. The van der Waals surface area contributed by atoms with Gasteiger partial charge in [-0.2, -0.15) is 0 Å². The van der Waals surface area contributed by atoms with Crippen molar-refractivity contribution in [2.45, 2.75) is 6.92 Å². The highest BCUT2D eigenvalue weighted by atomic mass is 127. The van der Waals surface area contributed by atoms with Gasteiger partial charge in [-0.25, -0.2) is 4.99 Å². The van der Waals surface area contributed by atoms with Crippen LogP contribution in [-0.4, -0.2) is 56.0 Å². The molecule has 3 N–H and O–H groups in total. The zero-order chi connectivity index (χ0) is 17.5. The molecule has 0 unspecified atom stereocenters. The molecule has 6 nitrogen and oxygen atoms in total. The maximum atomic E-state index is 12.2. The van der Waals surface area contributed by atoms with E-state index >= 15 is 0 Å². The smallest absolute Gasteiger partial charge is 0.244 e. The molecular formula is C17H25ClIN5O. The van der Waals surface area contributed by atoms with Crippen molar-refractivity contribution in [3.05, 3.63) is 41.4 Å². The van der Waals surface area contributed by atoms with Crippen molar-refractivity contribution in [3.63, 3.8) is 0 Å². The molecule has 0 saturated carbocycles. The van der Waals surface area contributed by atoms with Crippen LogP contribution in [0, 0.1) is 0 Å². The van der Waals surface area contributed by atoms with Crippen LogP contribution in [0.25, 0.3) is 0 Å². The van der Waals surface area contributed by atoms with Crippen LogP contribution < -0.4 is 16.0 Å². The molecule has 0 bridgehead atoms. The zero-order valence-electron chi connectivity index (χ0n) is 14.4. The maximum Gasteiger partial charge on any atom is 0.244 e. The lowest BCUT2D eigenvalue weighted by atomic mass is 10.2. The first-order chi connectivity index (χ1) is 11.5. The molecule has 0 radical (unpaired) electrons. The van der Waals surface area contributed by atoms with E-state index in [2.05, 4.69) is 21.8 Å². The quantitative estimate of drug-likeness (QED) is 0.295. The number of amides is 1. The lowest BCUT2D eigenvalue weighted by Gasteiger charge is -2.36. The van der Waals surface area contributed by atoms with E-state index in [1.54, 1.807) is 0 Å². The number of aliphatic imine (C=N–C) groups is 1. The fourth-order valence-electron chi connectivity index (χ4n) is 2.42. The van der Waals surface area contributed by atoms with Crippen LogP contribution in [-0.2, 0) is 4.79 Å². The van der Waals surface area contributed by atoms with Crippen molar-refractivity contribution >= 4 is 53.1 Å². The van der Waals surface area contributed by atoms with E-state index in [1.165, 1.54) is 0 Å². The van der Waals surface area contributed by atoms with Crippen LogP contribution in [0.3, 0.4) is 0 Å². The Morgan fingerprint density at radius 2 is 1.88 bits per heavy atom. The average Bonchev–Trinajstić information content (AvgIpc) is 2.58. The van der Waals surface area contributed by atoms with Gasteiger partial charge in [0.25, 0.3) is 0 Å². The van der Waals surface area contributed by atoms with Gasteiger partial charge >= 0.3 is 0 Å². The van der Waals surface area contributed by atoms with Gasteiger partial charge in [0.1, 0.15) is 6.54 Å². The van der Waals surface area contributed by atoms with E-state index in [4.69, 9.17) is 17.3 Å². The highest BCUT2D eigenvalue weighted by molar-refractivity contribution is 14.0. The molecule has 1 saturated heterocycles. The Morgan fingerprint density at radius 1 is 1.28 bits per heavy atom. The fourth-order valence-corrected chi connectivity index (χ4v) is 2.54. The third-order valence-corrected chi connectivity index (χ3v) is 4.03. The minimum atomic E-state index is -0.00849. The second kappa shape index (κ2) is 10.5. The molecule has 1 aromatic rings. The van der Waals surface area contributed by atoms with Crippen LogP contribution in [0.5, 0.6) is 0 Å². The zero-order valence-corrected chi connectivity index (χ0v) is 17.5. The summed E-state index contributed by atoms with van der Waals surface area (Å²) >= 11 is 5.91. The molecule has 2 rings (SSSR count). The van der Waals surface area contributed by atoms with Gasteiger partial charge in [0.15, 0.2) is 5.96 Å². The number of hydrogen-bond donors (Lipinski definition) is 2. The number of nitrogens with one attached hydrogen (secondary N) is 1. The van der Waals surface area contributed by atoms with Gasteiger partial charge in [-0.15, -0.1) is 24.0 Å². The summed E-state index contributed by atoms with van der Waals surface area (Å²) in [6.45, 7) is 9.23. The summed E-state index contributed by atoms with van der Waals surface area (Å²) in [4.78, 5) is 20.4. The molecule has 0 aromatic heterocycles. The van der Waals surface area contributed by atoms with Gasteiger partial charge < -0.3 is 20.9 Å². The van der Waals surface area contributed by atoms with Gasteiger partial charge in [0.05, 0.1) is 0 Å². The number of carbonyl (C=O) groups excluding carboxylic acids is 1. The minimum Gasteiger partial charge on any atom is -0.370 e. The summed E-state index contributed by atoms with van der Waals surface area (Å²) < 4.78 is 0. The number of guanidine groups is 1. The van der Waals surface area contributed by atoms with E-state index in [-0.39, 0.29) is 42.4 Å². The Morgan fingerprint density at radius 3 is 2.44 bits per heavy atom. The van der Waals surface area contributed by atoms with Crippen LogP contribution in [0.2, 0.25) is 5.02 Å². The van der Waals surface area contributed by atoms with Crippen molar-refractivity contribution in [1.29, 1.82) is 0 Å². The summed E-state index contributed by atoms with van der Waals surface area (Å²) in [5.41, 5.74) is 7.80. The van der Waals surface area contributed by atoms with Crippen LogP contribution >= 0.6 is 35.6 Å². The van der Waals surface area contributed by atoms with Gasteiger partial charge in [-0.1, -0.05) is 23.8 Å². The van der Waals surface area contributed by atoms with E-state index in [0.29, 0.717) is 19.6 Å². The first kappa shape index (κ1) is 21.6. The Balaban J connectivity index is 0.00000312. The first-order valence-corrected chi connectivity index (χ1v) is 8.30. The van der Waals surface area contributed by atoms with Crippen molar-refractivity contribution in [2.24, 2.45) is 10.7 Å². The van der Waals surface area contributed by atoms with E-state index in [1.807, 2.05) is 36.1 Å². The standard InChI is InChI=1S/C17H24ClN5O.HI/c1-13(2)11-20-17(19)21-12-16(24)23-9-7-22(8-10-23)15-5-3-14(18)4-6-15;/h3-6H,1,7-12H2,2H3,(H3,19,20,21);1H. The molecule has 0 atom stereocenters. The first-order valence-electron chi connectivity index (χ1n) is 7.92. The van der Waals surface area contributed by atoms with Gasteiger partial charge in [-0.05, 0) is 31.2 Å². The SMILES string of the molecule is C=C(C)CNC(N)=NCC(=O)N1CCN(c2ccc(Cl)cc2)CC1.I. The maximum absolute atomic E-state index is 12.2. The highest BCUT2D eigenvalue weighted by Gasteiger charge is 2.20. The predicted octanol–water partition coefficient (Wildman–Crippen LogP) is 2.09. The van der Waals surface area contributed by atoms with Crippen LogP contribution in [0.4, 0.5) is 5.69 Å².